The van der Waals surface area contributed by atoms with E-state index in [1.807, 2.05) is 28.0 Å². The number of halogens is 1. The van der Waals surface area contributed by atoms with E-state index in [0.29, 0.717) is 67.9 Å². The van der Waals surface area contributed by atoms with Gasteiger partial charge in [0.05, 0.1) is 31.7 Å². The summed E-state index contributed by atoms with van der Waals surface area (Å²) < 4.78 is 30.5. The van der Waals surface area contributed by atoms with Gasteiger partial charge in [-0.3, -0.25) is 4.79 Å². The average molecular weight is 439 g/mol. The van der Waals surface area contributed by atoms with E-state index in [2.05, 4.69) is 4.98 Å². The van der Waals surface area contributed by atoms with Gasteiger partial charge < -0.3 is 23.7 Å². The molecule has 0 radical (unpaired) electrons. The van der Waals surface area contributed by atoms with Crippen molar-refractivity contribution in [1.82, 2.24) is 9.88 Å². The Bertz CT molecular complexity index is 1080. The van der Waals surface area contributed by atoms with Crippen LogP contribution in [0.2, 0.25) is 0 Å². The van der Waals surface area contributed by atoms with E-state index >= 15 is 0 Å². The zero-order chi connectivity index (χ0) is 22.5. The normalized spacial score (nSPS) is 13.8. The second-order valence-electron chi connectivity index (χ2n) is 7.50. The number of para-hydroxylation sites is 1. The molecule has 0 spiro atoms. The fourth-order valence-electron chi connectivity index (χ4n) is 3.83. The molecule has 0 bridgehead atoms. The van der Waals surface area contributed by atoms with Crippen molar-refractivity contribution in [3.8, 4) is 22.8 Å². The first-order valence-electron chi connectivity index (χ1n) is 10.5. The lowest BCUT2D eigenvalue weighted by Crippen LogP contribution is -2.49. The van der Waals surface area contributed by atoms with E-state index in [4.69, 9.17) is 13.9 Å². The van der Waals surface area contributed by atoms with E-state index in [1.165, 1.54) is 6.07 Å². The van der Waals surface area contributed by atoms with Crippen LogP contribution in [0.15, 0.2) is 53.1 Å². The standard InChI is InChI=1S/C24H26FN3O4/c1-30-17-7-8-18(21(15-17)31-2)22-16-26-23(32-22)9-10-24(29)28-13-11-27(12-14-28)20-6-4-3-5-19(20)25/h3-8,15-16H,9-14H2,1-2H3. The van der Waals surface area contributed by atoms with Crippen molar-refractivity contribution in [3.05, 3.63) is 60.4 Å². The Hall–Kier alpha value is -3.55. The number of carbonyl (C=O) groups is 1. The number of hydrogen-bond acceptors (Lipinski definition) is 6. The molecule has 32 heavy (non-hydrogen) atoms. The predicted molar refractivity (Wildman–Crippen MR) is 119 cm³/mol. The molecule has 8 heteroatoms. The predicted octanol–water partition coefficient (Wildman–Crippen LogP) is 3.78. The highest BCUT2D eigenvalue weighted by atomic mass is 19.1. The number of ether oxygens (including phenoxy) is 2. The number of methoxy groups -OCH3 is 2. The Balaban J connectivity index is 1.32. The zero-order valence-corrected chi connectivity index (χ0v) is 18.2. The monoisotopic (exact) mass is 439 g/mol. The van der Waals surface area contributed by atoms with Crippen molar-refractivity contribution in [3.63, 3.8) is 0 Å². The van der Waals surface area contributed by atoms with Crippen LogP contribution < -0.4 is 14.4 Å². The molecule has 1 aromatic heterocycles. The molecule has 168 valence electrons. The molecule has 1 fully saturated rings. The Morgan fingerprint density at radius 2 is 1.88 bits per heavy atom. The minimum atomic E-state index is -0.236. The molecular weight excluding hydrogens is 413 g/mol. The van der Waals surface area contributed by atoms with Crippen LogP contribution in [0.4, 0.5) is 10.1 Å². The third kappa shape index (κ3) is 4.69. The maximum atomic E-state index is 14.0. The molecule has 0 N–H and O–H groups in total. The molecule has 3 aromatic rings. The van der Waals surface area contributed by atoms with Crippen LogP contribution in [0.1, 0.15) is 12.3 Å². The quantitative estimate of drug-likeness (QED) is 0.558. The third-order valence-corrected chi connectivity index (χ3v) is 5.61. The van der Waals surface area contributed by atoms with Gasteiger partial charge in [-0.05, 0) is 24.3 Å². The lowest BCUT2D eigenvalue weighted by molar-refractivity contribution is -0.131. The molecule has 1 aliphatic heterocycles. The summed E-state index contributed by atoms with van der Waals surface area (Å²) in [6.45, 7) is 2.33. The molecule has 1 saturated heterocycles. The van der Waals surface area contributed by atoms with Crippen LogP contribution in [0.3, 0.4) is 0 Å². The maximum Gasteiger partial charge on any atom is 0.223 e. The number of aromatic nitrogens is 1. The summed E-state index contributed by atoms with van der Waals surface area (Å²) in [4.78, 5) is 20.8. The SMILES string of the molecule is COc1ccc(-c2cnc(CCC(=O)N3CCN(c4ccccc4F)CC3)o2)c(OC)c1. The van der Waals surface area contributed by atoms with Crippen LogP contribution in [0, 0.1) is 5.82 Å². The average Bonchev–Trinajstić information content (AvgIpc) is 3.31. The topological polar surface area (TPSA) is 68.0 Å². The molecule has 2 heterocycles. The van der Waals surface area contributed by atoms with E-state index in [0.717, 1.165) is 5.56 Å². The van der Waals surface area contributed by atoms with Gasteiger partial charge in [-0.15, -0.1) is 0 Å². The highest BCUT2D eigenvalue weighted by Crippen LogP contribution is 2.33. The van der Waals surface area contributed by atoms with Crippen molar-refractivity contribution in [1.29, 1.82) is 0 Å². The molecule has 7 nitrogen and oxygen atoms in total. The van der Waals surface area contributed by atoms with Crippen LogP contribution in [-0.2, 0) is 11.2 Å². The molecule has 4 rings (SSSR count). The number of piperazine rings is 1. The van der Waals surface area contributed by atoms with E-state index in [1.54, 1.807) is 38.6 Å². The number of rotatable bonds is 7. The van der Waals surface area contributed by atoms with Crippen LogP contribution in [0.25, 0.3) is 11.3 Å². The number of hydrogen-bond donors (Lipinski definition) is 0. The van der Waals surface area contributed by atoms with Crippen molar-refractivity contribution in [2.45, 2.75) is 12.8 Å². The largest absolute Gasteiger partial charge is 0.497 e. The summed E-state index contributed by atoms with van der Waals surface area (Å²) in [6.07, 6.45) is 2.35. The van der Waals surface area contributed by atoms with Crippen molar-refractivity contribution in [2.24, 2.45) is 0 Å². The molecule has 1 amide bonds. The number of aryl methyl sites for hydroxylation is 1. The highest BCUT2D eigenvalue weighted by Gasteiger charge is 2.23. The van der Waals surface area contributed by atoms with Crippen molar-refractivity contribution in [2.75, 3.05) is 45.3 Å². The molecule has 0 unspecified atom stereocenters. The molecule has 0 saturated carbocycles. The Morgan fingerprint density at radius 1 is 1.09 bits per heavy atom. The lowest BCUT2D eigenvalue weighted by Gasteiger charge is -2.36. The van der Waals surface area contributed by atoms with Crippen molar-refractivity contribution < 1.29 is 23.1 Å². The highest BCUT2D eigenvalue weighted by molar-refractivity contribution is 5.76. The molecule has 2 aromatic carbocycles. The summed E-state index contributed by atoms with van der Waals surface area (Å²) in [5.41, 5.74) is 1.35. The summed E-state index contributed by atoms with van der Waals surface area (Å²) in [6, 6.07) is 12.2. The Labute approximate surface area is 186 Å². The number of nitrogens with zero attached hydrogens (tertiary/aromatic N) is 3. The van der Waals surface area contributed by atoms with Gasteiger partial charge in [-0.1, -0.05) is 12.1 Å². The van der Waals surface area contributed by atoms with Gasteiger partial charge >= 0.3 is 0 Å². The Morgan fingerprint density at radius 3 is 2.59 bits per heavy atom. The summed E-state index contributed by atoms with van der Waals surface area (Å²) in [5.74, 6) is 2.18. The number of anilines is 1. The van der Waals surface area contributed by atoms with E-state index in [9.17, 15) is 9.18 Å². The van der Waals surface area contributed by atoms with Gasteiger partial charge in [-0.2, -0.15) is 0 Å². The van der Waals surface area contributed by atoms with E-state index < -0.39 is 0 Å². The third-order valence-electron chi connectivity index (χ3n) is 5.61. The minimum absolute atomic E-state index is 0.0416. The Kier molecular flexibility index (Phi) is 6.58. The lowest BCUT2D eigenvalue weighted by atomic mass is 10.1. The first-order valence-corrected chi connectivity index (χ1v) is 10.5. The molecule has 1 aliphatic rings. The van der Waals surface area contributed by atoms with Gasteiger partial charge in [-0.25, -0.2) is 9.37 Å². The minimum Gasteiger partial charge on any atom is -0.497 e. The number of oxazole rings is 1. The molecular formula is C24H26FN3O4. The fraction of sp³-hybridized carbons (Fsp3) is 0.333. The van der Waals surface area contributed by atoms with Crippen LogP contribution >= 0.6 is 0 Å². The van der Waals surface area contributed by atoms with Gasteiger partial charge in [0, 0.05) is 45.1 Å². The zero-order valence-electron chi connectivity index (χ0n) is 18.2. The van der Waals surface area contributed by atoms with Crippen LogP contribution in [-0.4, -0.2) is 56.2 Å². The number of carbonyl (C=O) groups excluding carboxylic acids is 1. The maximum absolute atomic E-state index is 14.0. The van der Waals surface area contributed by atoms with Gasteiger partial charge in [0.25, 0.3) is 0 Å². The summed E-state index contributed by atoms with van der Waals surface area (Å²) in [5, 5.41) is 0. The molecule has 0 aliphatic carbocycles. The van der Waals surface area contributed by atoms with E-state index in [-0.39, 0.29) is 11.7 Å². The number of amides is 1. The summed E-state index contributed by atoms with van der Waals surface area (Å²) in [7, 11) is 3.18. The summed E-state index contributed by atoms with van der Waals surface area (Å²) >= 11 is 0. The second kappa shape index (κ2) is 9.72. The molecule has 0 atom stereocenters. The van der Waals surface area contributed by atoms with Crippen LogP contribution in [0.5, 0.6) is 11.5 Å². The fourth-order valence-corrected chi connectivity index (χ4v) is 3.83. The van der Waals surface area contributed by atoms with Gasteiger partial charge in [0.2, 0.25) is 5.91 Å². The smallest absolute Gasteiger partial charge is 0.223 e. The van der Waals surface area contributed by atoms with Crippen molar-refractivity contribution >= 4 is 11.6 Å². The number of benzene rings is 2. The second-order valence-corrected chi connectivity index (χ2v) is 7.50. The first-order chi connectivity index (χ1) is 15.6. The van der Waals surface area contributed by atoms with Gasteiger partial charge in [0.1, 0.15) is 17.3 Å². The first kappa shape index (κ1) is 21.7. The van der Waals surface area contributed by atoms with Gasteiger partial charge in [0.15, 0.2) is 11.7 Å².